The SMILES string of the molecule is COc1ccc(-c2cc(-c3ccccc3O)n(-c3ccccc3)n2)cc1. The molecule has 0 fully saturated rings. The zero-order valence-corrected chi connectivity index (χ0v) is 14.3. The van der Waals surface area contributed by atoms with E-state index in [1.165, 1.54) is 0 Å². The molecule has 4 aromatic rings. The summed E-state index contributed by atoms with van der Waals surface area (Å²) in [6, 6.07) is 27.0. The number of phenolic OH excluding ortho intramolecular Hbond substituents is 1. The van der Waals surface area contributed by atoms with Crippen molar-refractivity contribution in [3.63, 3.8) is 0 Å². The van der Waals surface area contributed by atoms with Gasteiger partial charge in [0.05, 0.1) is 24.2 Å². The molecule has 0 atom stereocenters. The molecular weight excluding hydrogens is 324 g/mol. The number of methoxy groups -OCH3 is 1. The average Bonchev–Trinajstić information content (AvgIpc) is 3.14. The molecule has 0 spiro atoms. The number of para-hydroxylation sites is 2. The normalized spacial score (nSPS) is 10.7. The van der Waals surface area contributed by atoms with Crippen molar-refractivity contribution in [3.8, 4) is 39.7 Å². The lowest BCUT2D eigenvalue weighted by atomic mass is 10.1. The summed E-state index contributed by atoms with van der Waals surface area (Å²) in [5.41, 5.74) is 4.32. The summed E-state index contributed by atoms with van der Waals surface area (Å²) >= 11 is 0. The summed E-state index contributed by atoms with van der Waals surface area (Å²) < 4.78 is 7.09. The molecule has 0 radical (unpaired) electrons. The molecule has 4 nitrogen and oxygen atoms in total. The van der Waals surface area contributed by atoms with Crippen molar-refractivity contribution in [2.24, 2.45) is 0 Å². The van der Waals surface area contributed by atoms with Crippen molar-refractivity contribution in [1.29, 1.82) is 0 Å². The van der Waals surface area contributed by atoms with Crippen LogP contribution in [0.2, 0.25) is 0 Å². The Bertz CT molecular complexity index is 1020. The van der Waals surface area contributed by atoms with Gasteiger partial charge in [0.15, 0.2) is 0 Å². The van der Waals surface area contributed by atoms with Crippen LogP contribution >= 0.6 is 0 Å². The fraction of sp³-hybridized carbons (Fsp3) is 0.0455. The van der Waals surface area contributed by atoms with Gasteiger partial charge in [-0.2, -0.15) is 5.10 Å². The fourth-order valence-corrected chi connectivity index (χ4v) is 2.93. The number of hydrogen-bond donors (Lipinski definition) is 1. The minimum Gasteiger partial charge on any atom is -0.507 e. The first-order chi connectivity index (χ1) is 12.8. The Kier molecular flexibility index (Phi) is 4.15. The number of nitrogens with zero attached hydrogens (tertiary/aromatic N) is 2. The van der Waals surface area contributed by atoms with Crippen LogP contribution in [-0.4, -0.2) is 22.0 Å². The Morgan fingerprint density at radius 2 is 1.54 bits per heavy atom. The van der Waals surface area contributed by atoms with E-state index in [0.717, 1.165) is 34.0 Å². The molecule has 0 saturated carbocycles. The molecule has 0 aliphatic rings. The van der Waals surface area contributed by atoms with Crippen LogP contribution in [0, 0.1) is 0 Å². The van der Waals surface area contributed by atoms with Gasteiger partial charge in [-0.1, -0.05) is 30.3 Å². The van der Waals surface area contributed by atoms with Crippen LogP contribution in [0.15, 0.2) is 84.9 Å². The van der Waals surface area contributed by atoms with Gasteiger partial charge in [0.2, 0.25) is 0 Å². The van der Waals surface area contributed by atoms with Crippen LogP contribution < -0.4 is 4.74 Å². The topological polar surface area (TPSA) is 47.3 Å². The van der Waals surface area contributed by atoms with Crippen molar-refractivity contribution in [2.45, 2.75) is 0 Å². The van der Waals surface area contributed by atoms with E-state index >= 15 is 0 Å². The summed E-state index contributed by atoms with van der Waals surface area (Å²) in [6.45, 7) is 0. The zero-order chi connectivity index (χ0) is 17.9. The first-order valence-electron chi connectivity index (χ1n) is 8.34. The van der Waals surface area contributed by atoms with Crippen LogP contribution in [0.25, 0.3) is 28.2 Å². The van der Waals surface area contributed by atoms with Gasteiger partial charge >= 0.3 is 0 Å². The van der Waals surface area contributed by atoms with Gasteiger partial charge < -0.3 is 9.84 Å². The van der Waals surface area contributed by atoms with Gasteiger partial charge in [-0.05, 0) is 54.6 Å². The van der Waals surface area contributed by atoms with Crippen LogP contribution in [0.4, 0.5) is 0 Å². The minimum absolute atomic E-state index is 0.228. The highest BCUT2D eigenvalue weighted by molar-refractivity contribution is 5.74. The van der Waals surface area contributed by atoms with Gasteiger partial charge in [0.1, 0.15) is 11.5 Å². The highest BCUT2D eigenvalue weighted by atomic mass is 16.5. The summed E-state index contributed by atoms with van der Waals surface area (Å²) in [6.07, 6.45) is 0. The van der Waals surface area contributed by atoms with Gasteiger partial charge in [-0.25, -0.2) is 4.68 Å². The molecule has 0 amide bonds. The molecule has 4 rings (SSSR count). The summed E-state index contributed by atoms with van der Waals surface area (Å²) in [4.78, 5) is 0. The van der Waals surface area contributed by atoms with E-state index in [0.29, 0.717) is 0 Å². The Morgan fingerprint density at radius 3 is 2.23 bits per heavy atom. The standard InChI is InChI=1S/C22H18N2O2/c1-26-18-13-11-16(12-14-18)20-15-21(19-9-5-6-10-22(19)25)24(23-20)17-7-3-2-4-8-17/h2-15,25H,1H3. The lowest BCUT2D eigenvalue weighted by Crippen LogP contribution is -1.99. The van der Waals surface area contributed by atoms with Crippen LogP contribution in [0.3, 0.4) is 0 Å². The second kappa shape index (κ2) is 6.76. The Labute approximate surface area is 151 Å². The molecule has 0 unspecified atom stereocenters. The number of phenols is 1. The molecule has 0 bridgehead atoms. The van der Waals surface area contributed by atoms with Gasteiger partial charge in [0, 0.05) is 11.1 Å². The molecule has 128 valence electrons. The van der Waals surface area contributed by atoms with Gasteiger partial charge in [0.25, 0.3) is 0 Å². The van der Waals surface area contributed by atoms with E-state index in [-0.39, 0.29) is 5.75 Å². The van der Waals surface area contributed by atoms with Gasteiger partial charge in [-0.3, -0.25) is 0 Å². The maximum absolute atomic E-state index is 10.3. The number of benzene rings is 3. The number of hydrogen-bond acceptors (Lipinski definition) is 3. The predicted molar refractivity (Wildman–Crippen MR) is 103 cm³/mol. The number of rotatable bonds is 4. The second-order valence-corrected chi connectivity index (χ2v) is 5.91. The Balaban J connectivity index is 1.89. The van der Waals surface area contributed by atoms with E-state index in [4.69, 9.17) is 9.84 Å². The predicted octanol–water partition coefficient (Wildman–Crippen LogP) is 4.92. The number of aromatic nitrogens is 2. The van der Waals surface area contributed by atoms with E-state index in [9.17, 15) is 5.11 Å². The summed E-state index contributed by atoms with van der Waals surface area (Å²) in [7, 11) is 1.65. The molecule has 26 heavy (non-hydrogen) atoms. The highest BCUT2D eigenvalue weighted by Gasteiger charge is 2.15. The number of ether oxygens (including phenoxy) is 1. The van der Waals surface area contributed by atoms with E-state index in [2.05, 4.69) is 0 Å². The molecule has 0 aliphatic carbocycles. The minimum atomic E-state index is 0.228. The van der Waals surface area contributed by atoms with E-state index in [1.807, 2.05) is 83.5 Å². The van der Waals surface area contributed by atoms with Crippen molar-refractivity contribution in [3.05, 3.63) is 84.9 Å². The average molecular weight is 342 g/mol. The zero-order valence-electron chi connectivity index (χ0n) is 14.3. The third-order valence-corrected chi connectivity index (χ3v) is 4.28. The molecule has 0 aliphatic heterocycles. The monoisotopic (exact) mass is 342 g/mol. The van der Waals surface area contributed by atoms with E-state index in [1.54, 1.807) is 13.2 Å². The maximum Gasteiger partial charge on any atom is 0.124 e. The van der Waals surface area contributed by atoms with Crippen molar-refractivity contribution < 1.29 is 9.84 Å². The summed E-state index contributed by atoms with van der Waals surface area (Å²) in [5, 5.41) is 15.1. The lowest BCUT2D eigenvalue weighted by Gasteiger charge is -2.08. The molecule has 1 N–H and O–H groups in total. The quantitative estimate of drug-likeness (QED) is 0.572. The smallest absolute Gasteiger partial charge is 0.124 e. The second-order valence-electron chi connectivity index (χ2n) is 5.91. The Morgan fingerprint density at radius 1 is 0.846 bits per heavy atom. The van der Waals surface area contributed by atoms with Crippen molar-refractivity contribution >= 4 is 0 Å². The highest BCUT2D eigenvalue weighted by Crippen LogP contribution is 2.33. The molecule has 0 saturated heterocycles. The first kappa shape index (κ1) is 16.0. The molecule has 3 aromatic carbocycles. The van der Waals surface area contributed by atoms with Crippen molar-refractivity contribution in [2.75, 3.05) is 7.11 Å². The largest absolute Gasteiger partial charge is 0.507 e. The van der Waals surface area contributed by atoms with Crippen LogP contribution in [0.1, 0.15) is 0 Å². The molecular formula is C22H18N2O2. The fourth-order valence-electron chi connectivity index (χ4n) is 2.93. The lowest BCUT2D eigenvalue weighted by molar-refractivity contribution is 0.415. The van der Waals surface area contributed by atoms with Crippen LogP contribution in [0.5, 0.6) is 11.5 Å². The Hall–Kier alpha value is -3.53. The van der Waals surface area contributed by atoms with Crippen LogP contribution in [-0.2, 0) is 0 Å². The summed E-state index contributed by atoms with van der Waals surface area (Å²) in [5.74, 6) is 1.03. The molecule has 1 aromatic heterocycles. The molecule has 1 heterocycles. The number of aromatic hydroxyl groups is 1. The third kappa shape index (κ3) is 2.93. The third-order valence-electron chi connectivity index (χ3n) is 4.28. The van der Waals surface area contributed by atoms with E-state index < -0.39 is 0 Å². The molecule has 4 heteroatoms. The first-order valence-corrected chi connectivity index (χ1v) is 8.34. The van der Waals surface area contributed by atoms with Gasteiger partial charge in [-0.15, -0.1) is 0 Å². The van der Waals surface area contributed by atoms with Crippen molar-refractivity contribution in [1.82, 2.24) is 9.78 Å². The maximum atomic E-state index is 10.3.